The first-order valence-corrected chi connectivity index (χ1v) is 5.13. The number of Topliss-reactive ketones (excluding diaryl/α,β-unsaturated/α-hetero) is 1. The van der Waals surface area contributed by atoms with Gasteiger partial charge in [-0.3, -0.25) is 14.9 Å². The Bertz CT molecular complexity index is 488. The first kappa shape index (κ1) is 14.0. The van der Waals surface area contributed by atoms with E-state index in [1.807, 2.05) is 0 Å². The molecule has 0 saturated heterocycles. The van der Waals surface area contributed by atoms with Crippen molar-refractivity contribution in [1.82, 2.24) is 0 Å². The molecule has 0 aliphatic heterocycles. The van der Waals surface area contributed by atoms with Crippen LogP contribution in [0, 0.1) is 10.1 Å². The maximum atomic E-state index is 12.7. The van der Waals surface area contributed by atoms with Crippen LogP contribution in [-0.2, 0) is 0 Å². The first-order chi connectivity index (χ1) is 8.40. The second kappa shape index (κ2) is 5.52. The normalized spacial score (nSPS) is 10.5. The standard InChI is InChI=1S/C11H11F2NO4/c1-3-18-10-8(11(12)13)5-4-7(6(2)15)9(10)14(16)17/h4-5,11H,3H2,1-2H3. The first-order valence-electron chi connectivity index (χ1n) is 5.13. The largest absolute Gasteiger partial charge is 0.487 e. The van der Waals surface area contributed by atoms with Crippen molar-refractivity contribution in [2.45, 2.75) is 20.3 Å². The van der Waals surface area contributed by atoms with Crippen LogP contribution in [0.1, 0.15) is 36.2 Å². The monoisotopic (exact) mass is 259 g/mol. The van der Waals surface area contributed by atoms with Crippen LogP contribution in [0.3, 0.4) is 0 Å². The van der Waals surface area contributed by atoms with Crippen LogP contribution < -0.4 is 4.74 Å². The molecular weight excluding hydrogens is 248 g/mol. The maximum absolute atomic E-state index is 12.7. The van der Waals surface area contributed by atoms with Crippen LogP contribution in [0.15, 0.2) is 12.1 Å². The number of ether oxygens (including phenoxy) is 1. The number of nitro groups is 1. The van der Waals surface area contributed by atoms with Gasteiger partial charge in [-0.05, 0) is 26.0 Å². The molecule has 1 rings (SSSR count). The number of carbonyl (C=O) groups excluding carboxylic acids is 1. The SMILES string of the molecule is CCOc1c(C(F)F)ccc(C(C)=O)c1[N+](=O)[O-]. The van der Waals surface area contributed by atoms with Crippen LogP contribution in [0.2, 0.25) is 0 Å². The van der Waals surface area contributed by atoms with Gasteiger partial charge in [0.15, 0.2) is 5.78 Å². The van der Waals surface area contributed by atoms with Gasteiger partial charge in [0.25, 0.3) is 6.43 Å². The Hall–Kier alpha value is -2.05. The van der Waals surface area contributed by atoms with E-state index in [1.54, 1.807) is 0 Å². The Morgan fingerprint density at radius 1 is 1.50 bits per heavy atom. The number of benzene rings is 1. The molecule has 0 radical (unpaired) electrons. The summed E-state index contributed by atoms with van der Waals surface area (Å²) in [4.78, 5) is 21.3. The summed E-state index contributed by atoms with van der Waals surface area (Å²) >= 11 is 0. The summed E-state index contributed by atoms with van der Waals surface area (Å²) in [6, 6.07) is 1.99. The fourth-order valence-corrected chi connectivity index (χ4v) is 1.52. The topological polar surface area (TPSA) is 69.4 Å². The molecule has 0 N–H and O–H groups in total. The Labute approximate surface area is 102 Å². The average molecular weight is 259 g/mol. The highest BCUT2D eigenvalue weighted by atomic mass is 19.3. The van der Waals surface area contributed by atoms with E-state index in [4.69, 9.17) is 4.74 Å². The van der Waals surface area contributed by atoms with Crippen LogP contribution in [0.25, 0.3) is 0 Å². The molecular formula is C11H11F2NO4. The van der Waals surface area contributed by atoms with E-state index in [0.29, 0.717) is 0 Å². The third-order valence-corrected chi connectivity index (χ3v) is 2.25. The van der Waals surface area contributed by atoms with Crippen LogP contribution in [-0.4, -0.2) is 17.3 Å². The smallest absolute Gasteiger partial charge is 0.322 e. The summed E-state index contributed by atoms with van der Waals surface area (Å²) in [6.07, 6.45) is -2.91. The molecule has 0 heterocycles. The summed E-state index contributed by atoms with van der Waals surface area (Å²) < 4.78 is 30.4. The van der Waals surface area contributed by atoms with Crippen molar-refractivity contribution in [3.8, 4) is 5.75 Å². The van der Waals surface area contributed by atoms with Crippen LogP contribution in [0.4, 0.5) is 14.5 Å². The number of nitrogens with zero attached hydrogens (tertiary/aromatic N) is 1. The molecule has 0 aromatic heterocycles. The van der Waals surface area contributed by atoms with Gasteiger partial charge in [0.05, 0.1) is 22.7 Å². The predicted molar refractivity (Wildman–Crippen MR) is 59.2 cm³/mol. The maximum Gasteiger partial charge on any atom is 0.322 e. The lowest BCUT2D eigenvalue weighted by Gasteiger charge is -2.11. The third kappa shape index (κ3) is 2.61. The predicted octanol–water partition coefficient (Wildman–Crippen LogP) is 3.13. The van der Waals surface area contributed by atoms with E-state index in [9.17, 15) is 23.7 Å². The zero-order chi connectivity index (χ0) is 13.9. The van der Waals surface area contributed by atoms with E-state index in [0.717, 1.165) is 19.1 Å². The number of rotatable bonds is 5. The minimum atomic E-state index is -2.91. The van der Waals surface area contributed by atoms with Crippen molar-refractivity contribution in [2.75, 3.05) is 6.61 Å². The Morgan fingerprint density at radius 3 is 2.50 bits per heavy atom. The van der Waals surface area contributed by atoms with E-state index in [1.165, 1.54) is 6.92 Å². The van der Waals surface area contributed by atoms with Crippen molar-refractivity contribution in [2.24, 2.45) is 0 Å². The van der Waals surface area contributed by atoms with Gasteiger partial charge < -0.3 is 4.74 Å². The zero-order valence-corrected chi connectivity index (χ0v) is 9.78. The van der Waals surface area contributed by atoms with Crippen molar-refractivity contribution in [1.29, 1.82) is 0 Å². The molecule has 0 aliphatic carbocycles. The molecule has 18 heavy (non-hydrogen) atoms. The second-order valence-electron chi connectivity index (χ2n) is 3.43. The summed E-state index contributed by atoms with van der Waals surface area (Å²) in [6.45, 7) is 2.63. The second-order valence-corrected chi connectivity index (χ2v) is 3.43. The molecule has 0 saturated carbocycles. The highest BCUT2D eigenvalue weighted by Crippen LogP contribution is 2.39. The van der Waals surface area contributed by atoms with Gasteiger partial charge >= 0.3 is 5.69 Å². The van der Waals surface area contributed by atoms with Gasteiger partial charge in [-0.2, -0.15) is 0 Å². The van der Waals surface area contributed by atoms with Crippen molar-refractivity contribution < 1.29 is 23.2 Å². The van der Waals surface area contributed by atoms with Crippen molar-refractivity contribution >= 4 is 11.5 Å². The Balaban J connectivity index is 3.59. The number of hydrogen-bond donors (Lipinski definition) is 0. The number of nitro benzene ring substituents is 1. The summed E-state index contributed by atoms with van der Waals surface area (Å²) in [5.74, 6) is -1.12. The molecule has 1 aromatic carbocycles. The molecule has 0 amide bonds. The molecule has 0 fully saturated rings. The van der Waals surface area contributed by atoms with E-state index >= 15 is 0 Å². The summed E-state index contributed by atoms with van der Waals surface area (Å²) in [7, 11) is 0. The van der Waals surface area contributed by atoms with Gasteiger partial charge in [-0.25, -0.2) is 8.78 Å². The third-order valence-electron chi connectivity index (χ3n) is 2.25. The average Bonchev–Trinajstić information content (AvgIpc) is 2.27. The van der Waals surface area contributed by atoms with Crippen molar-refractivity contribution in [3.63, 3.8) is 0 Å². The summed E-state index contributed by atoms with van der Waals surface area (Å²) in [5, 5.41) is 10.9. The van der Waals surface area contributed by atoms with Crippen LogP contribution in [0.5, 0.6) is 5.75 Å². The van der Waals surface area contributed by atoms with Gasteiger partial charge in [0.1, 0.15) is 0 Å². The lowest BCUT2D eigenvalue weighted by Crippen LogP contribution is -2.07. The molecule has 1 aromatic rings. The fraction of sp³-hybridized carbons (Fsp3) is 0.364. The minimum Gasteiger partial charge on any atom is -0.487 e. The number of hydrogen-bond acceptors (Lipinski definition) is 4. The Kier molecular flexibility index (Phi) is 4.30. The van der Waals surface area contributed by atoms with Gasteiger partial charge in [-0.15, -0.1) is 0 Å². The molecule has 0 bridgehead atoms. The highest BCUT2D eigenvalue weighted by Gasteiger charge is 2.29. The van der Waals surface area contributed by atoms with Crippen molar-refractivity contribution in [3.05, 3.63) is 33.4 Å². The summed E-state index contributed by atoms with van der Waals surface area (Å²) in [5.41, 5.74) is -1.54. The number of alkyl halides is 2. The van der Waals surface area contributed by atoms with Crippen LogP contribution >= 0.6 is 0 Å². The zero-order valence-electron chi connectivity index (χ0n) is 9.78. The number of carbonyl (C=O) groups is 1. The minimum absolute atomic E-state index is 0.0120. The van der Waals surface area contributed by atoms with E-state index < -0.39 is 34.1 Å². The number of ketones is 1. The molecule has 0 unspecified atom stereocenters. The fourth-order valence-electron chi connectivity index (χ4n) is 1.52. The highest BCUT2D eigenvalue weighted by molar-refractivity contribution is 5.99. The lowest BCUT2D eigenvalue weighted by molar-refractivity contribution is -0.386. The molecule has 0 aliphatic rings. The molecule has 0 spiro atoms. The lowest BCUT2D eigenvalue weighted by atomic mass is 10.0. The van der Waals surface area contributed by atoms with Gasteiger partial charge in [0.2, 0.25) is 5.75 Å². The molecule has 5 nitrogen and oxygen atoms in total. The van der Waals surface area contributed by atoms with Gasteiger partial charge in [-0.1, -0.05) is 0 Å². The molecule has 7 heteroatoms. The van der Waals surface area contributed by atoms with Gasteiger partial charge in [0, 0.05) is 0 Å². The Morgan fingerprint density at radius 2 is 2.11 bits per heavy atom. The van der Waals surface area contributed by atoms with E-state index in [-0.39, 0.29) is 12.2 Å². The van der Waals surface area contributed by atoms with E-state index in [2.05, 4.69) is 0 Å². The molecule has 0 atom stereocenters. The molecule has 98 valence electrons. The number of halogens is 2. The quantitative estimate of drug-likeness (QED) is 0.462.